The number of hydrogen-bond donors (Lipinski definition) is 1. The monoisotopic (exact) mass is 466 g/mol. The Labute approximate surface area is 206 Å². The number of amides is 1. The SMILES string of the molecule is COc1ncccc1C(=O)NCC1CCc2nc(-c3ccc(-c4ccc(C)c(C)c4)cc3)cn2C1. The number of hydrogen-bond acceptors (Lipinski definition) is 4. The van der Waals surface area contributed by atoms with Gasteiger partial charge in [-0.25, -0.2) is 9.97 Å². The van der Waals surface area contributed by atoms with E-state index in [2.05, 4.69) is 77.4 Å². The zero-order valence-corrected chi connectivity index (χ0v) is 20.4. The van der Waals surface area contributed by atoms with Crippen LogP contribution in [-0.2, 0) is 13.0 Å². The number of ether oxygens (including phenoxy) is 1. The maximum Gasteiger partial charge on any atom is 0.256 e. The number of benzene rings is 2. The number of aromatic nitrogens is 3. The van der Waals surface area contributed by atoms with Gasteiger partial charge in [-0.15, -0.1) is 0 Å². The van der Waals surface area contributed by atoms with Gasteiger partial charge in [0.25, 0.3) is 5.91 Å². The fraction of sp³-hybridized carbons (Fsp3) is 0.276. The van der Waals surface area contributed by atoms with E-state index in [0.717, 1.165) is 36.5 Å². The minimum atomic E-state index is -0.157. The molecule has 0 bridgehead atoms. The Hall–Kier alpha value is -3.93. The van der Waals surface area contributed by atoms with Gasteiger partial charge in [-0.3, -0.25) is 4.79 Å². The molecule has 5 rings (SSSR count). The summed E-state index contributed by atoms with van der Waals surface area (Å²) in [5, 5.41) is 3.05. The highest BCUT2D eigenvalue weighted by Gasteiger charge is 2.22. The lowest BCUT2D eigenvalue weighted by Gasteiger charge is -2.24. The first-order valence-corrected chi connectivity index (χ1v) is 12.0. The van der Waals surface area contributed by atoms with Crippen LogP contribution in [0.25, 0.3) is 22.4 Å². The Bertz CT molecular complexity index is 1360. The molecule has 0 saturated carbocycles. The van der Waals surface area contributed by atoms with Crippen molar-refractivity contribution in [1.82, 2.24) is 19.9 Å². The molecule has 0 radical (unpaired) electrons. The van der Waals surface area contributed by atoms with Crippen LogP contribution in [0.5, 0.6) is 5.88 Å². The van der Waals surface area contributed by atoms with Crippen LogP contribution in [0.1, 0.15) is 33.7 Å². The Morgan fingerprint density at radius 3 is 2.60 bits per heavy atom. The number of nitrogens with zero attached hydrogens (tertiary/aromatic N) is 3. The van der Waals surface area contributed by atoms with Crippen molar-refractivity contribution >= 4 is 5.91 Å². The van der Waals surface area contributed by atoms with Gasteiger partial charge in [0.05, 0.1) is 12.8 Å². The summed E-state index contributed by atoms with van der Waals surface area (Å²) in [6, 6.07) is 18.7. The summed E-state index contributed by atoms with van der Waals surface area (Å²) < 4.78 is 7.44. The molecule has 1 aliphatic heterocycles. The van der Waals surface area contributed by atoms with Crippen LogP contribution in [-0.4, -0.2) is 34.1 Å². The van der Waals surface area contributed by atoms with Gasteiger partial charge in [0.2, 0.25) is 5.88 Å². The van der Waals surface area contributed by atoms with Crippen molar-refractivity contribution in [1.29, 1.82) is 0 Å². The fourth-order valence-electron chi connectivity index (χ4n) is 4.63. The summed E-state index contributed by atoms with van der Waals surface area (Å²) in [7, 11) is 1.52. The molecular weight excluding hydrogens is 436 g/mol. The summed E-state index contributed by atoms with van der Waals surface area (Å²) in [5.41, 5.74) is 7.63. The number of aryl methyl sites for hydroxylation is 3. The van der Waals surface area contributed by atoms with Crippen molar-refractivity contribution < 1.29 is 9.53 Å². The van der Waals surface area contributed by atoms with Crippen LogP contribution in [0, 0.1) is 19.8 Å². The molecule has 6 nitrogen and oxygen atoms in total. The average molecular weight is 467 g/mol. The highest BCUT2D eigenvalue weighted by atomic mass is 16.5. The van der Waals surface area contributed by atoms with Crippen LogP contribution in [0.2, 0.25) is 0 Å². The van der Waals surface area contributed by atoms with Gasteiger partial charge < -0.3 is 14.6 Å². The second-order valence-electron chi connectivity index (χ2n) is 9.25. The quantitative estimate of drug-likeness (QED) is 0.422. The van der Waals surface area contributed by atoms with Crippen molar-refractivity contribution in [2.75, 3.05) is 13.7 Å². The first-order chi connectivity index (χ1) is 17.0. The number of carbonyl (C=O) groups is 1. The van der Waals surface area contributed by atoms with Gasteiger partial charge in [0, 0.05) is 37.5 Å². The van der Waals surface area contributed by atoms with E-state index >= 15 is 0 Å². The zero-order valence-electron chi connectivity index (χ0n) is 20.4. The number of nitrogens with one attached hydrogen (secondary N) is 1. The first kappa shape index (κ1) is 22.8. The molecule has 2 aromatic heterocycles. The lowest BCUT2D eigenvalue weighted by atomic mass is 9.99. The van der Waals surface area contributed by atoms with Crippen LogP contribution in [0.4, 0.5) is 0 Å². The van der Waals surface area contributed by atoms with E-state index in [1.165, 1.54) is 29.4 Å². The molecule has 0 fully saturated rings. The smallest absolute Gasteiger partial charge is 0.256 e. The van der Waals surface area contributed by atoms with Crippen molar-refractivity contribution in [3.8, 4) is 28.3 Å². The lowest BCUT2D eigenvalue weighted by Crippen LogP contribution is -2.33. The summed E-state index contributed by atoms with van der Waals surface area (Å²) in [5.74, 6) is 1.65. The highest BCUT2D eigenvalue weighted by Crippen LogP contribution is 2.28. The zero-order chi connectivity index (χ0) is 24.4. The molecule has 1 N–H and O–H groups in total. The molecule has 0 spiro atoms. The minimum Gasteiger partial charge on any atom is -0.480 e. The standard InChI is InChI=1S/C29H30N4O2/c1-19-6-8-24(15-20(19)2)22-9-11-23(12-10-22)26-18-33-17-21(7-13-27(33)32-26)16-31-28(34)25-5-4-14-30-29(25)35-3/h4-6,8-12,14-15,18,21H,7,13,16-17H2,1-3H3,(H,31,34). The van der Waals surface area contributed by atoms with Crippen molar-refractivity contribution in [3.05, 3.63) is 89.5 Å². The van der Waals surface area contributed by atoms with E-state index < -0.39 is 0 Å². The van der Waals surface area contributed by atoms with Gasteiger partial charge in [-0.2, -0.15) is 0 Å². The van der Waals surface area contributed by atoms with Crippen LogP contribution >= 0.6 is 0 Å². The number of carbonyl (C=O) groups excluding carboxylic acids is 1. The van der Waals surface area contributed by atoms with E-state index in [4.69, 9.17) is 9.72 Å². The molecule has 1 atom stereocenters. The average Bonchev–Trinajstić information content (AvgIpc) is 3.32. The maximum absolute atomic E-state index is 12.6. The Balaban J connectivity index is 1.24. The van der Waals surface area contributed by atoms with Crippen molar-refractivity contribution in [3.63, 3.8) is 0 Å². The molecule has 1 aliphatic rings. The van der Waals surface area contributed by atoms with Crippen LogP contribution in [0.3, 0.4) is 0 Å². The molecule has 178 valence electrons. The van der Waals surface area contributed by atoms with E-state index in [9.17, 15) is 4.79 Å². The molecule has 1 unspecified atom stereocenters. The molecule has 35 heavy (non-hydrogen) atoms. The summed E-state index contributed by atoms with van der Waals surface area (Å²) in [6.07, 6.45) is 5.65. The molecule has 2 aromatic carbocycles. The normalized spacial score (nSPS) is 14.9. The van der Waals surface area contributed by atoms with Crippen LogP contribution < -0.4 is 10.1 Å². The first-order valence-electron chi connectivity index (χ1n) is 12.0. The van der Waals surface area contributed by atoms with E-state index in [0.29, 0.717) is 23.9 Å². The topological polar surface area (TPSA) is 69.0 Å². The largest absolute Gasteiger partial charge is 0.480 e. The molecule has 3 heterocycles. The van der Waals surface area contributed by atoms with Crippen LogP contribution in [0.15, 0.2) is 67.0 Å². The third-order valence-corrected chi connectivity index (χ3v) is 6.87. The summed E-state index contributed by atoms with van der Waals surface area (Å²) in [4.78, 5) is 21.6. The van der Waals surface area contributed by atoms with Gasteiger partial charge in [0.1, 0.15) is 11.4 Å². The van der Waals surface area contributed by atoms with Gasteiger partial charge in [-0.05, 0) is 60.6 Å². The predicted molar refractivity (Wildman–Crippen MR) is 138 cm³/mol. The number of fused-ring (bicyclic) bond motifs is 1. The Morgan fingerprint density at radius 1 is 1.06 bits per heavy atom. The third-order valence-electron chi connectivity index (χ3n) is 6.87. The van der Waals surface area contributed by atoms with E-state index in [-0.39, 0.29) is 5.91 Å². The fourth-order valence-corrected chi connectivity index (χ4v) is 4.63. The molecule has 4 aromatic rings. The van der Waals surface area contributed by atoms with E-state index in [1.54, 1.807) is 18.3 Å². The Morgan fingerprint density at radius 2 is 1.83 bits per heavy atom. The minimum absolute atomic E-state index is 0.157. The van der Waals surface area contributed by atoms with Gasteiger partial charge in [0.15, 0.2) is 0 Å². The molecule has 0 aliphatic carbocycles. The van der Waals surface area contributed by atoms with E-state index in [1.807, 2.05) is 0 Å². The number of imidazole rings is 1. The lowest BCUT2D eigenvalue weighted by molar-refractivity contribution is 0.0940. The second-order valence-corrected chi connectivity index (χ2v) is 9.25. The summed E-state index contributed by atoms with van der Waals surface area (Å²) in [6.45, 7) is 5.73. The number of pyridine rings is 1. The number of rotatable bonds is 6. The molecular formula is C29H30N4O2. The molecule has 6 heteroatoms. The van der Waals surface area contributed by atoms with Crippen molar-refractivity contribution in [2.45, 2.75) is 33.2 Å². The predicted octanol–water partition coefficient (Wildman–Crippen LogP) is 5.23. The maximum atomic E-state index is 12.6. The highest BCUT2D eigenvalue weighted by molar-refractivity contribution is 5.96. The van der Waals surface area contributed by atoms with Gasteiger partial charge in [-0.1, -0.05) is 42.5 Å². The van der Waals surface area contributed by atoms with Gasteiger partial charge >= 0.3 is 0 Å². The molecule has 1 amide bonds. The third kappa shape index (κ3) is 4.83. The van der Waals surface area contributed by atoms with Crippen molar-refractivity contribution in [2.24, 2.45) is 5.92 Å². The number of methoxy groups -OCH3 is 1. The Kier molecular flexibility index (Phi) is 6.36. The molecule has 0 saturated heterocycles. The summed E-state index contributed by atoms with van der Waals surface area (Å²) >= 11 is 0. The second kappa shape index (κ2) is 9.74.